The van der Waals surface area contributed by atoms with Crippen LogP contribution in [0.25, 0.3) is 0 Å². The normalized spacial score (nSPS) is 19.2. The summed E-state index contributed by atoms with van der Waals surface area (Å²) in [5.41, 5.74) is 7.65. The Labute approximate surface area is 315 Å². The van der Waals surface area contributed by atoms with Gasteiger partial charge in [-0.15, -0.1) is 0 Å². The smallest absolute Gasteiger partial charge is 0.245 e. The van der Waals surface area contributed by atoms with Crippen molar-refractivity contribution in [3.8, 4) is 5.75 Å². The molecular formula is C40H53F2N5O7. The minimum Gasteiger partial charge on any atom is -0.488 e. The molecule has 3 aliphatic heterocycles. The van der Waals surface area contributed by atoms with Crippen LogP contribution in [0.2, 0.25) is 0 Å². The van der Waals surface area contributed by atoms with E-state index in [9.17, 15) is 33.5 Å². The van der Waals surface area contributed by atoms with Crippen LogP contribution in [0, 0.1) is 17.0 Å². The van der Waals surface area contributed by atoms with Crippen LogP contribution < -0.4 is 26.0 Å². The molecule has 3 aliphatic rings. The Kier molecular flexibility index (Phi) is 13.3. The van der Waals surface area contributed by atoms with Gasteiger partial charge in [0.2, 0.25) is 29.5 Å². The average Bonchev–Trinajstić information content (AvgIpc) is 3.68. The molecule has 4 atom stereocenters. The topological polar surface area (TPSA) is 171 Å². The van der Waals surface area contributed by atoms with Crippen molar-refractivity contribution in [2.45, 2.75) is 122 Å². The summed E-state index contributed by atoms with van der Waals surface area (Å²) < 4.78 is 36.0. The van der Waals surface area contributed by atoms with Crippen molar-refractivity contribution in [3.05, 3.63) is 58.7 Å². The van der Waals surface area contributed by atoms with E-state index in [1.165, 1.54) is 0 Å². The summed E-state index contributed by atoms with van der Waals surface area (Å²) in [6.45, 7) is 6.02. The van der Waals surface area contributed by atoms with Crippen molar-refractivity contribution >= 4 is 35.2 Å². The number of hydrogen-bond donors (Lipinski definition) is 4. The van der Waals surface area contributed by atoms with E-state index in [-0.39, 0.29) is 67.9 Å². The highest BCUT2D eigenvalue weighted by Crippen LogP contribution is 2.39. The number of aliphatic hydroxyl groups is 1. The number of β-amino-alcohol motifs (C(OH)–C–C–N with tert-alkyl or cyclic N) is 1. The molecule has 0 saturated carbocycles. The first-order valence-corrected chi connectivity index (χ1v) is 19.0. The van der Waals surface area contributed by atoms with Crippen molar-refractivity contribution in [2.75, 3.05) is 24.6 Å². The molecule has 0 spiro atoms. The summed E-state index contributed by atoms with van der Waals surface area (Å²) in [6, 6.07) is 5.49. The predicted molar refractivity (Wildman–Crippen MR) is 197 cm³/mol. The molecule has 1 fully saturated rings. The second-order valence-corrected chi connectivity index (χ2v) is 15.8. The van der Waals surface area contributed by atoms with E-state index >= 15 is 4.39 Å². The van der Waals surface area contributed by atoms with Crippen LogP contribution in [0.3, 0.4) is 0 Å². The van der Waals surface area contributed by atoms with Crippen molar-refractivity contribution in [3.63, 3.8) is 0 Å². The fourth-order valence-corrected chi connectivity index (χ4v) is 7.53. The van der Waals surface area contributed by atoms with Gasteiger partial charge in [0.25, 0.3) is 0 Å². The number of nitrogens with two attached hydrogens (primary N) is 1. The number of carbonyl (C=O) groups is 5. The molecule has 294 valence electrons. The number of ether oxygens (including phenoxy) is 1. The number of carbonyl (C=O) groups excluding carboxylic acids is 5. The molecule has 0 bridgehead atoms. The van der Waals surface area contributed by atoms with E-state index in [0.29, 0.717) is 51.5 Å². The van der Waals surface area contributed by atoms with Gasteiger partial charge in [-0.25, -0.2) is 8.78 Å². The van der Waals surface area contributed by atoms with Crippen LogP contribution in [0.15, 0.2) is 30.3 Å². The van der Waals surface area contributed by atoms with Crippen molar-refractivity contribution in [2.24, 2.45) is 11.1 Å². The second-order valence-electron chi connectivity index (χ2n) is 15.8. The van der Waals surface area contributed by atoms with Crippen LogP contribution in [0.5, 0.6) is 5.75 Å². The van der Waals surface area contributed by atoms with E-state index in [1.54, 1.807) is 9.80 Å². The minimum absolute atomic E-state index is 0.0867. The van der Waals surface area contributed by atoms with Crippen LogP contribution in [0.1, 0.15) is 95.2 Å². The van der Waals surface area contributed by atoms with Gasteiger partial charge in [-0.2, -0.15) is 0 Å². The van der Waals surface area contributed by atoms with Crippen LogP contribution in [-0.4, -0.2) is 83.5 Å². The first kappa shape index (κ1) is 40.6. The van der Waals surface area contributed by atoms with Crippen LogP contribution >= 0.6 is 0 Å². The first-order chi connectivity index (χ1) is 25.6. The van der Waals surface area contributed by atoms with Crippen molar-refractivity contribution in [1.82, 2.24) is 15.5 Å². The summed E-state index contributed by atoms with van der Waals surface area (Å²) in [7, 11) is 0. The molecule has 0 aliphatic carbocycles. The molecule has 5 N–H and O–H groups in total. The number of amides is 5. The van der Waals surface area contributed by atoms with Gasteiger partial charge < -0.3 is 31.1 Å². The summed E-state index contributed by atoms with van der Waals surface area (Å²) in [5.74, 6) is -3.48. The number of halogens is 2. The lowest BCUT2D eigenvalue weighted by Crippen LogP contribution is -2.54. The third-order valence-corrected chi connectivity index (χ3v) is 10.4. The summed E-state index contributed by atoms with van der Waals surface area (Å²) in [4.78, 5) is 67.5. The average molecular weight is 754 g/mol. The Morgan fingerprint density at radius 1 is 1.04 bits per heavy atom. The van der Waals surface area contributed by atoms with Crippen molar-refractivity contribution < 1.29 is 42.6 Å². The second kappa shape index (κ2) is 17.7. The number of rotatable bonds is 16. The Morgan fingerprint density at radius 2 is 1.80 bits per heavy atom. The molecule has 0 aromatic heterocycles. The lowest BCUT2D eigenvalue weighted by Gasteiger charge is -2.33. The Hall–Kier alpha value is -4.59. The molecule has 0 unspecified atom stereocenters. The number of benzene rings is 2. The zero-order valence-electron chi connectivity index (χ0n) is 31.4. The third-order valence-electron chi connectivity index (χ3n) is 10.4. The summed E-state index contributed by atoms with van der Waals surface area (Å²) >= 11 is 0. The number of para-hydroxylation sites is 1. The molecule has 54 heavy (non-hydrogen) atoms. The fraction of sp³-hybridized carbons (Fsp3) is 0.575. The largest absolute Gasteiger partial charge is 0.488 e. The first-order valence-electron chi connectivity index (χ1n) is 19.0. The van der Waals surface area contributed by atoms with Gasteiger partial charge in [0.1, 0.15) is 24.5 Å². The highest BCUT2D eigenvalue weighted by atomic mass is 19.1. The third kappa shape index (κ3) is 10.1. The van der Waals surface area contributed by atoms with E-state index in [1.807, 2.05) is 39.0 Å². The highest BCUT2D eigenvalue weighted by molar-refractivity contribution is 6.04. The molecule has 2 aromatic carbocycles. The standard InChI is InChI=1S/C40H53F2N5O7/c1-40(2,3)37(39(53)46-18-17-29(48)22-46)45-33(50)13-6-4-5-9-25-19-27(41)21-31(35(25)42)54-23-28(15-16-32(43)49)44-38(52)30-20-26-12-7-10-24-11-8-14-34(51)47(30)36(24)26/h7,10,12,19,21,28-30,37,48H,4-6,8-9,11,13-18,20,22-23H2,1-3H3,(H2,43,49)(H,44,52)(H,45,50)/t28-,29+,30-,37+/m0/s1. The molecule has 5 amide bonds. The number of unbranched alkanes of at least 4 members (excludes halogenated alkanes) is 2. The quantitative estimate of drug-likeness (QED) is 0.190. The van der Waals surface area contributed by atoms with Gasteiger partial charge in [-0.3, -0.25) is 28.9 Å². The predicted octanol–water partition coefficient (Wildman–Crippen LogP) is 3.62. The number of hydrogen-bond acceptors (Lipinski definition) is 7. The van der Waals surface area contributed by atoms with E-state index in [0.717, 1.165) is 35.4 Å². The molecule has 5 rings (SSSR count). The lowest BCUT2D eigenvalue weighted by molar-refractivity contribution is -0.138. The fourth-order valence-electron chi connectivity index (χ4n) is 7.53. The molecule has 14 heteroatoms. The van der Waals surface area contributed by atoms with Crippen LogP contribution in [-0.2, 0) is 43.2 Å². The zero-order valence-corrected chi connectivity index (χ0v) is 31.4. The van der Waals surface area contributed by atoms with Gasteiger partial charge in [0, 0.05) is 44.8 Å². The highest BCUT2D eigenvalue weighted by Gasteiger charge is 2.41. The van der Waals surface area contributed by atoms with Gasteiger partial charge in [0.15, 0.2) is 11.6 Å². The number of anilines is 1. The maximum Gasteiger partial charge on any atom is 0.245 e. The minimum atomic E-state index is -0.793. The van der Waals surface area contributed by atoms with Crippen LogP contribution in [0.4, 0.5) is 14.5 Å². The Morgan fingerprint density at radius 3 is 2.50 bits per heavy atom. The number of nitrogens with zero attached hydrogens (tertiary/aromatic N) is 2. The number of nitrogens with one attached hydrogen (secondary N) is 2. The molecule has 1 saturated heterocycles. The maximum absolute atomic E-state index is 15.6. The number of primary amides is 1. The number of aliphatic hydroxyl groups excluding tert-OH is 1. The molecule has 0 radical (unpaired) electrons. The monoisotopic (exact) mass is 753 g/mol. The SMILES string of the molecule is CC(C)(C)[C@H](NC(=O)CCCCCc1cc(F)cc(OC[C@H](CCC(N)=O)NC(=O)[C@@H]2Cc3cccc4c3N2C(=O)CCC4)c1F)C(=O)N1CC[C@@H](O)C1. The van der Waals surface area contributed by atoms with Gasteiger partial charge in [-0.1, -0.05) is 45.4 Å². The van der Waals surface area contributed by atoms with E-state index in [2.05, 4.69) is 10.6 Å². The van der Waals surface area contributed by atoms with Crippen molar-refractivity contribution in [1.29, 1.82) is 0 Å². The van der Waals surface area contributed by atoms with Gasteiger partial charge in [0.05, 0.1) is 17.8 Å². The summed E-state index contributed by atoms with van der Waals surface area (Å²) in [6.07, 6.45) is 3.81. The lowest BCUT2D eigenvalue weighted by atomic mass is 9.85. The van der Waals surface area contributed by atoms with Gasteiger partial charge >= 0.3 is 0 Å². The molecule has 12 nitrogen and oxygen atoms in total. The number of aryl methyl sites for hydroxylation is 2. The maximum atomic E-state index is 15.6. The Bertz CT molecular complexity index is 1730. The zero-order chi connectivity index (χ0) is 39.2. The van der Waals surface area contributed by atoms with E-state index in [4.69, 9.17) is 10.5 Å². The number of likely N-dealkylation sites (tertiary alicyclic amines) is 1. The van der Waals surface area contributed by atoms with E-state index < -0.39 is 53.1 Å². The molecular weight excluding hydrogens is 700 g/mol. The molecule has 2 aromatic rings. The van der Waals surface area contributed by atoms with Gasteiger partial charge in [-0.05, 0) is 73.1 Å². The molecule has 3 heterocycles. The summed E-state index contributed by atoms with van der Waals surface area (Å²) in [5, 5.41) is 15.6. The Balaban J connectivity index is 1.14.